The Kier molecular flexibility index (Phi) is 5.40. The molecule has 0 spiro atoms. The van der Waals surface area contributed by atoms with E-state index in [0.717, 1.165) is 25.9 Å². The Labute approximate surface area is 127 Å². The molecule has 2 heterocycles. The lowest BCUT2D eigenvalue weighted by Crippen LogP contribution is -2.43. The van der Waals surface area contributed by atoms with Crippen molar-refractivity contribution in [1.29, 1.82) is 0 Å². The summed E-state index contributed by atoms with van der Waals surface area (Å²) in [5, 5.41) is 4.53. The molecule has 0 saturated carbocycles. The van der Waals surface area contributed by atoms with Crippen molar-refractivity contribution in [3.8, 4) is 0 Å². The lowest BCUT2D eigenvalue weighted by molar-refractivity contribution is 0.269. The molecule has 114 valence electrons. The van der Waals surface area contributed by atoms with E-state index in [0.29, 0.717) is 0 Å². The standard InChI is InChI=1S/C12H22N3O2PS2/c1-9-7-11(18)13-8-12(19-9)15-5-3-10(4-6-15)14-20(2,16)17/h7-8,10-11,13-14H,3-6,18H2,1-2H3. The number of piperidine rings is 1. The summed E-state index contributed by atoms with van der Waals surface area (Å²) in [6.45, 7) is 3.87. The van der Waals surface area contributed by atoms with Crippen LogP contribution in [0.2, 0.25) is 0 Å². The van der Waals surface area contributed by atoms with E-state index in [1.165, 1.54) is 16.2 Å². The van der Waals surface area contributed by atoms with Gasteiger partial charge < -0.3 is 10.2 Å². The summed E-state index contributed by atoms with van der Waals surface area (Å²) in [4.78, 5) is 3.59. The minimum Gasteiger partial charge on any atom is -0.379 e. The molecule has 1 saturated heterocycles. The average Bonchev–Trinajstić information content (AvgIpc) is 2.49. The maximum atomic E-state index is 11.2. The van der Waals surface area contributed by atoms with E-state index in [9.17, 15) is 8.42 Å². The first-order valence-electron chi connectivity index (χ1n) is 6.64. The van der Waals surface area contributed by atoms with E-state index in [4.69, 9.17) is 0 Å². The van der Waals surface area contributed by atoms with E-state index in [2.05, 4.69) is 43.4 Å². The van der Waals surface area contributed by atoms with Crippen LogP contribution in [0.1, 0.15) is 19.8 Å². The van der Waals surface area contributed by atoms with Gasteiger partial charge in [-0.1, -0.05) is 11.8 Å². The molecule has 20 heavy (non-hydrogen) atoms. The zero-order valence-corrected chi connectivity index (χ0v) is 14.6. The van der Waals surface area contributed by atoms with Gasteiger partial charge in [0.2, 0.25) is 10.0 Å². The number of nitrogens with zero attached hydrogens (tertiary/aromatic N) is 1. The van der Waals surface area contributed by atoms with Crippen LogP contribution in [-0.2, 0) is 10.0 Å². The normalized spacial score (nSPS) is 25.6. The molecule has 2 aliphatic heterocycles. The lowest BCUT2D eigenvalue weighted by atomic mass is 10.1. The predicted octanol–water partition coefficient (Wildman–Crippen LogP) is 1.24. The van der Waals surface area contributed by atoms with E-state index >= 15 is 0 Å². The highest BCUT2D eigenvalue weighted by molar-refractivity contribution is 8.06. The summed E-state index contributed by atoms with van der Waals surface area (Å²) in [5.41, 5.74) is 0. The fourth-order valence-corrected chi connectivity index (χ4v) is 4.72. The number of likely N-dealkylation sites (tertiary alicyclic amines) is 1. The first-order valence-corrected chi connectivity index (χ1v) is 10.0. The lowest BCUT2D eigenvalue weighted by Gasteiger charge is -2.34. The van der Waals surface area contributed by atoms with E-state index in [1.54, 1.807) is 11.8 Å². The highest BCUT2D eigenvalue weighted by atomic mass is 32.2. The van der Waals surface area contributed by atoms with Gasteiger partial charge in [0, 0.05) is 25.3 Å². The Bertz CT molecular complexity index is 511. The summed E-state index contributed by atoms with van der Waals surface area (Å²) in [7, 11) is -0.347. The van der Waals surface area contributed by atoms with Gasteiger partial charge in [0.15, 0.2) is 0 Å². The number of thioether (sulfide) groups is 1. The molecule has 0 aromatic heterocycles. The molecular formula is C12H22N3O2PS2. The maximum Gasteiger partial charge on any atom is 0.208 e. The zero-order valence-electron chi connectivity index (χ0n) is 11.8. The molecule has 0 radical (unpaired) electrons. The van der Waals surface area contributed by atoms with E-state index in [1.807, 2.05) is 0 Å². The van der Waals surface area contributed by atoms with Crippen molar-refractivity contribution in [1.82, 2.24) is 14.9 Å². The minimum absolute atomic E-state index is 0.0664. The second-order valence-electron chi connectivity index (χ2n) is 5.21. The summed E-state index contributed by atoms with van der Waals surface area (Å²) in [5.74, 6) is 0.268. The average molecular weight is 335 g/mol. The van der Waals surface area contributed by atoms with Crippen LogP contribution in [0.3, 0.4) is 0 Å². The molecule has 0 aromatic carbocycles. The third-order valence-corrected chi connectivity index (χ3v) is 5.46. The Hall–Kier alpha value is -0.230. The van der Waals surface area contributed by atoms with Gasteiger partial charge in [0.05, 0.1) is 17.1 Å². The highest BCUT2D eigenvalue weighted by Crippen LogP contribution is 2.32. The monoisotopic (exact) mass is 335 g/mol. The molecule has 0 amide bonds. The Morgan fingerprint density at radius 1 is 1.45 bits per heavy atom. The quantitative estimate of drug-likeness (QED) is 0.760. The number of hydrogen-bond acceptors (Lipinski definition) is 5. The van der Waals surface area contributed by atoms with Crippen molar-refractivity contribution in [2.75, 3.05) is 19.3 Å². The molecule has 0 aromatic rings. The Morgan fingerprint density at radius 3 is 2.70 bits per heavy atom. The first-order chi connectivity index (χ1) is 9.33. The molecule has 2 atom stereocenters. The number of sulfonamides is 1. The van der Waals surface area contributed by atoms with Crippen LogP contribution >= 0.6 is 21.0 Å². The van der Waals surface area contributed by atoms with Crippen molar-refractivity contribution in [2.24, 2.45) is 0 Å². The van der Waals surface area contributed by atoms with Crippen LogP contribution in [0.25, 0.3) is 0 Å². The van der Waals surface area contributed by atoms with E-state index in [-0.39, 0.29) is 11.8 Å². The van der Waals surface area contributed by atoms with Gasteiger partial charge in [-0.3, -0.25) is 0 Å². The van der Waals surface area contributed by atoms with Crippen molar-refractivity contribution >= 4 is 31.0 Å². The zero-order chi connectivity index (χ0) is 14.8. The van der Waals surface area contributed by atoms with Crippen molar-refractivity contribution < 1.29 is 8.42 Å². The van der Waals surface area contributed by atoms with Gasteiger partial charge >= 0.3 is 0 Å². The number of nitrogens with one attached hydrogen (secondary N) is 2. The van der Waals surface area contributed by atoms with Crippen LogP contribution in [0, 0.1) is 0 Å². The predicted molar refractivity (Wildman–Crippen MR) is 88.6 cm³/mol. The SMILES string of the molecule is CC1=CC(P)NC=C(N2CCC(NS(C)(=O)=O)CC2)S1. The summed E-state index contributed by atoms with van der Waals surface area (Å²) in [6, 6.07) is 0.0664. The van der Waals surface area contributed by atoms with Crippen LogP contribution < -0.4 is 10.0 Å². The van der Waals surface area contributed by atoms with E-state index < -0.39 is 10.0 Å². The molecule has 2 unspecified atom stereocenters. The molecule has 2 N–H and O–H groups in total. The number of allylic oxidation sites excluding steroid dienone is 1. The molecular weight excluding hydrogens is 313 g/mol. The molecule has 2 rings (SSSR count). The smallest absolute Gasteiger partial charge is 0.208 e. The van der Waals surface area contributed by atoms with Gasteiger partial charge in [-0.2, -0.15) is 0 Å². The number of rotatable bonds is 3. The van der Waals surface area contributed by atoms with Crippen LogP contribution in [0.5, 0.6) is 0 Å². The Morgan fingerprint density at radius 2 is 2.10 bits per heavy atom. The van der Waals surface area contributed by atoms with Crippen LogP contribution in [-0.4, -0.2) is 44.5 Å². The van der Waals surface area contributed by atoms with Gasteiger partial charge in [-0.25, -0.2) is 13.1 Å². The van der Waals surface area contributed by atoms with Gasteiger partial charge in [0.1, 0.15) is 0 Å². The summed E-state index contributed by atoms with van der Waals surface area (Å²) >= 11 is 1.77. The van der Waals surface area contributed by atoms with Gasteiger partial charge in [0.25, 0.3) is 0 Å². The largest absolute Gasteiger partial charge is 0.379 e. The summed E-state index contributed by atoms with van der Waals surface area (Å²) in [6.07, 6.45) is 7.15. The van der Waals surface area contributed by atoms with Crippen LogP contribution in [0.15, 0.2) is 22.2 Å². The molecule has 8 heteroatoms. The first kappa shape index (κ1) is 16.1. The second-order valence-corrected chi connectivity index (χ2v) is 8.97. The van der Waals surface area contributed by atoms with Crippen molar-refractivity contribution in [3.63, 3.8) is 0 Å². The topological polar surface area (TPSA) is 61.4 Å². The fourth-order valence-electron chi connectivity index (χ4n) is 2.37. The number of hydrogen-bond donors (Lipinski definition) is 2. The molecule has 0 aliphatic carbocycles. The minimum atomic E-state index is -3.10. The second kappa shape index (κ2) is 6.69. The van der Waals surface area contributed by atoms with Crippen LogP contribution in [0.4, 0.5) is 0 Å². The maximum absolute atomic E-state index is 11.2. The third-order valence-electron chi connectivity index (χ3n) is 3.27. The van der Waals surface area contributed by atoms with Crippen molar-refractivity contribution in [2.45, 2.75) is 31.6 Å². The Balaban J connectivity index is 1.92. The van der Waals surface area contributed by atoms with Crippen molar-refractivity contribution in [3.05, 3.63) is 22.2 Å². The van der Waals surface area contributed by atoms with Gasteiger partial charge in [-0.15, -0.1) is 9.24 Å². The summed E-state index contributed by atoms with van der Waals surface area (Å²) < 4.78 is 25.2. The highest BCUT2D eigenvalue weighted by Gasteiger charge is 2.24. The molecule has 5 nitrogen and oxygen atoms in total. The molecule has 2 aliphatic rings. The fraction of sp³-hybridized carbons (Fsp3) is 0.667. The molecule has 1 fully saturated rings. The molecule has 0 bridgehead atoms. The van der Waals surface area contributed by atoms with Gasteiger partial charge in [-0.05, 0) is 30.7 Å². The third kappa shape index (κ3) is 4.95.